The van der Waals surface area contributed by atoms with Gasteiger partial charge in [0.25, 0.3) is 0 Å². The van der Waals surface area contributed by atoms with E-state index in [-0.39, 0.29) is 6.29 Å². The highest BCUT2D eigenvalue weighted by Gasteiger charge is 1.94. The summed E-state index contributed by atoms with van der Waals surface area (Å²) in [4.78, 5) is 28.6. The van der Waals surface area contributed by atoms with Crippen LogP contribution in [0.4, 0.5) is 0 Å². The number of carboxylic acids is 1. The molecule has 88 valence electrons. The molecule has 0 saturated carbocycles. The Hall–Kier alpha value is -1.19. The minimum Gasteiger partial charge on any atom is -0.481 e. The van der Waals surface area contributed by atoms with E-state index in [1.807, 2.05) is 0 Å². The summed E-state index contributed by atoms with van der Waals surface area (Å²) in [6, 6.07) is 0. The van der Waals surface area contributed by atoms with Crippen molar-refractivity contribution < 1.29 is 19.5 Å². The van der Waals surface area contributed by atoms with Gasteiger partial charge in [-0.1, -0.05) is 32.6 Å². The van der Waals surface area contributed by atoms with E-state index in [0.29, 0.717) is 6.42 Å². The number of carboxylic acid groups (broad SMARTS) is 1. The van der Waals surface area contributed by atoms with E-state index in [0.717, 1.165) is 12.8 Å². The molecule has 0 unspecified atom stereocenters. The van der Waals surface area contributed by atoms with Crippen LogP contribution in [0.5, 0.6) is 0 Å². The Morgan fingerprint density at radius 2 is 1.60 bits per heavy atom. The molecule has 4 nitrogen and oxygen atoms in total. The molecule has 0 spiro atoms. The minimum atomic E-state index is -0.670. The molecule has 0 rings (SSSR count). The molecule has 0 aliphatic rings. The lowest BCUT2D eigenvalue weighted by Gasteiger charge is -1.95. The van der Waals surface area contributed by atoms with Crippen LogP contribution in [0.1, 0.15) is 52.4 Å². The van der Waals surface area contributed by atoms with Crippen molar-refractivity contribution in [1.82, 2.24) is 0 Å². The number of aliphatic carboxylic acids is 1. The number of Topliss-reactive ketones (excluding diaryl/α,β-unsaturated/α-hetero) is 1. The maximum absolute atomic E-state index is 10.0. The molecule has 0 heterocycles. The van der Waals surface area contributed by atoms with E-state index >= 15 is 0 Å². The van der Waals surface area contributed by atoms with Gasteiger partial charge in [0.15, 0.2) is 12.1 Å². The van der Waals surface area contributed by atoms with E-state index in [4.69, 9.17) is 9.90 Å². The lowest BCUT2D eigenvalue weighted by Crippen LogP contribution is -1.93. The third-order valence-corrected chi connectivity index (χ3v) is 1.66. The lowest BCUT2D eigenvalue weighted by molar-refractivity contribution is -0.137. The third kappa shape index (κ3) is 24.5. The number of ketones is 1. The first-order valence-electron chi connectivity index (χ1n) is 5.22. The van der Waals surface area contributed by atoms with E-state index < -0.39 is 11.8 Å². The molecule has 0 aromatic carbocycles. The second-order valence-corrected chi connectivity index (χ2v) is 3.29. The average molecular weight is 216 g/mol. The Kier molecular flexibility index (Phi) is 13.9. The first-order valence-corrected chi connectivity index (χ1v) is 5.22. The fraction of sp³-hybridized carbons (Fsp3) is 0.727. The Bertz CT molecular complexity index is 187. The van der Waals surface area contributed by atoms with E-state index in [1.54, 1.807) is 0 Å². The summed E-state index contributed by atoms with van der Waals surface area (Å²) >= 11 is 0. The zero-order valence-electron chi connectivity index (χ0n) is 9.49. The summed E-state index contributed by atoms with van der Waals surface area (Å²) in [7, 11) is 0. The largest absolute Gasteiger partial charge is 0.481 e. The van der Waals surface area contributed by atoms with Gasteiger partial charge in [-0.15, -0.1) is 0 Å². The molecule has 0 amide bonds. The van der Waals surface area contributed by atoms with Crippen LogP contribution >= 0.6 is 0 Å². The van der Waals surface area contributed by atoms with Crippen molar-refractivity contribution in [2.75, 3.05) is 0 Å². The lowest BCUT2D eigenvalue weighted by atomic mass is 10.1. The number of hydrogen-bond donors (Lipinski definition) is 1. The molecule has 15 heavy (non-hydrogen) atoms. The zero-order valence-corrected chi connectivity index (χ0v) is 9.49. The van der Waals surface area contributed by atoms with Crippen LogP contribution in [0.25, 0.3) is 0 Å². The van der Waals surface area contributed by atoms with E-state index in [9.17, 15) is 9.59 Å². The molecule has 0 aromatic rings. The van der Waals surface area contributed by atoms with Crippen molar-refractivity contribution in [2.45, 2.75) is 52.4 Å². The number of carbonyl (C=O) groups is 3. The highest BCUT2D eigenvalue weighted by molar-refractivity contribution is 6.23. The molecule has 0 aromatic heterocycles. The van der Waals surface area contributed by atoms with Crippen molar-refractivity contribution in [3.05, 3.63) is 0 Å². The molecule has 0 aliphatic carbocycles. The molecule has 1 N–H and O–H groups in total. The summed E-state index contributed by atoms with van der Waals surface area (Å²) < 4.78 is 0. The quantitative estimate of drug-likeness (QED) is 0.402. The van der Waals surface area contributed by atoms with Gasteiger partial charge in [-0.3, -0.25) is 14.4 Å². The average Bonchev–Trinajstić information content (AvgIpc) is 2.18. The van der Waals surface area contributed by atoms with Gasteiger partial charge in [0, 0.05) is 13.3 Å². The van der Waals surface area contributed by atoms with Crippen LogP contribution in [0, 0.1) is 0 Å². The molecule has 0 saturated heterocycles. The van der Waals surface area contributed by atoms with Crippen molar-refractivity contribution in [1.29, 1.82) is 0 Å². The topological polar surface area (TPSA) is 71.4 Å². The van der Waals surface area contributed by atoms with Gasteiger partial charge in [0.2, 0.25) is 0 Å². The Morgan fingerprint density at radius 3 is 1.93 bits per heavy atom. The predicted octanol–water partition coefficient (Wildman–Crippen LogP) is 2.21. The number of carbonyl (C=O) groups excluding carboxylic acids is 2. The summed E-state index contributed by atoms with van der Waals surface area (Å²) in [5.41, 5.74) is 0. The number of aldehydes is 1. The van der Waals surface area contributed by atoms with Gasteiger partial charge < -0.3 is 5.11 Å². The molecule has 4 heteroatoms. The number of rotatable bonds is 7. The van der Waals surface area contributed by atoms with Crippen LogP contribution in [-0.2, 0) is 14.4 Å². The second-order valence-electron chi connectivity index (χ2n) is 3.29. The van der Waals surface area contributed by atoms with Gasteiger partial charge in [-0.25, -0.2) is 0 Å². The molecule has 0 aliphatic heterocycles. The van der Waals surface area contributed by atoms with Crippen molar-refractivity contribution >= 4 is 18.0 Å². The van der Waals surface area contributed by atoms with Crippen LogP contribution in [-0.4, -0.2) is 23.1 Å². The van der Waals surface area contributed by atoms with Gasteiger partial charge in [-0.2, -0.15) is 0 Å². The zero-order chi connectivity index (χ0) is 12.1. The second kappa shape index (κ2) is 12.8. The number of hydrogen-bond acceptors (Lipinski definition) is 3. The fourth-order valence-corrected chi connectivity index (χ4v) is 0.880. The van der Waals surface area contributed by atoms with Crippen LogP contribution in [0.2, 0.25) is 0 Å². The first-order chi connectivity index (χ1) is 7.04. The summed E-state index contributed by atoms with van der Waals surface area (Å²) in [6.45, 7) is 3.37. The Labute approximate surface area is 90.7 Å². The summed E-state index contributed by atoms with van der Waals surface area (Å²) in [5.74, 6) is -1.10. The van der Waals surface area contributed by atoms with Crippen molar-refractivity contribution in [3.8, 4) is 0 Å². The Balaban J connectivity index is 0. The SMILES string of the molecule is CC(=O)C=O.CCCCCCCC(=O)O. The third-order valence-electron chi connectivity index (χ3n) is 1.66. The van der Waals surface area contributed by atoms with Gasteiger partial charge in [-0.05, 0) is 6.42 Å². The molecular formula is C11H20O4. The van der Waals surface area contributed by atoms with Gasteiger partial charge >= 0.3 is 5.97 Å². The monoisotopic (exact) mass is 216 g/mol. The highest BCUT2D eigenvalue weighted by atomic mass is 16.4. The summed E-state index contributed by atoms with van der Waals surface area (Å²) in [6.07, 6.45) is 6.16. The van der Waals surface area contributed by atoms with Crippen LogP contribution in [0.3, 0.4) is 0 Å². The molecule has 0 atom stereocenters. The minimum absolute atomic E-state index is 0.278. The number of unbranched alkanes of at least 4 members (excludes halogenated alkanes) is 4. The van der Waals surface area contributed by atoms with E-state index in [2.05, 4.69) is 6.92 Å². The summed E-state index contributed by atoms with van der Waals surface area (Å²) in [5, 5.41) is 8.27. The first kappa shape index (κ1) is 16.2. The Morgan fingerprint density at radius 1 is 1.13 bits per heavy atom. The van der Waals surface area contributed by atoms with Gasteiger partial charge in [0.1, 0.15) is 0 Å². The van der Waals surface area contributed by atoms with E-state index in [1.165, 1.54) is 26.2 Å². The maximum atomic E-state index is 10.0. The smallest absolute Gasteiger partial charge is 0.303 e. The fourth-order valence-electron chi connectivity index (χ4n) is 0.880. The standard InChI is InChI=1S/C8H16O2.C3H4O2/c1-2-3-4-5-6-7-8(9)10;1-3(5)2-4/h2-7H2,1H3,(H,9,10);2H,1H3. The van der Waals surface area contributed by atoms with Crippen molar-refractivity contribution in [3.63, 3.8) is 0 Å². The molecule has 0 fully saturated rings. The van der Waals surface area contributed by atoms with Crippen LogP contribution in [0.15, 0.2) is 0 Å². The molecular weight excluding hydrogens is 196 g/mol. The molecule has 0 bridgehead atoms. The normalized spacial score (nSPS) is 8.67. The predicted molar refractivity (Wildman–Crippen MR) is 57.8 cm³/mol. The maximum Gasteiger partial charge on any atom is 0.303 e. The highest BCUT2D eigenvalue weighted by Crippen LogP contribution is 2.04. The van der Waals surface area contributed by atoms with Crippen LogP contribution < -0.4 is 0 Å². The van der Waals surface area contributed by atoms with Gasteiger partial charge in [0.05, 0.1) is 0 Å². The van der Waals surface area contributed by atoms with Crippen molar-refractivity contribution in [2.24, 2.45) is 0 Å². The molecule has 0 radical (unpaired) electrons.